The molecule has 5 rings (SSSR count). The van der Waals surface area contributed by atoms with Gasteiger partial charge in [0.2, 0.25) is 11.8 Å². The summed E-state index contributed by atoms with van der Waals surface area (Å²) in [6.45, 7) is 0.366. The molecule has 0 spiro atoms. The number of hydrogen-bond acceptors (Lipinski definition) is 7. The number of carbonyl (C=O) groups excluding carboxylic acids is 2. The lowest BCUT2D eigenvalue weighted by atomic mass is 9.84. The smallest absolute Gasteiger partial charge is 0.286 e. The zero-order valence-electron chi connectivity index (χ0n) is 20.3. The Morgan fingerprint density at radius 1 is 1.06 bits per heavy atom. The second kappa shape index (κ2) is 11.3. The number of amides is 2. The molecule has 36 heavy (non-hydrogen) atoms. The minimum Gasteiger partial charge on any atom is -0.497 e. The minimum atomic E-state index is -0.252. The average molecular weight is 507 g/mol. The molecule has 8 heteroatoms. The summed E-state index contributed by atoms with van der Waals surface area (Å²) in [5, 5.41) is 1.89. The van der Waals surface area contributed by atoms with Gasteiger partial charge in [-0.05, 0) is 49.8 Å². The summed E-state index contributed by atoms with van der Waals surface area (Å²) in [4.78, 5) is 28.1. The van der Waals surface area contributed by atoms with Crippen molar-refractivity contribution < 1.29 is 23.5 Å². The van der Waals surface area contributed by atoms with Crippen LogP contribution in [0, 0.1) is 5.92 Å². The number of imide groups is 1. The Morgan fingerprint density at radius 3 is 2.67 bits per heavy atom. The third kappa shape index (κ3) is 5.82. The molecule has 188 valence electrons. The van der Waals surface area contributed by atoms with Crippen molar-refractivity contribution in [3.05, 3.63) is 60.3 Å². The van der Waals surface area contributed by atoms with Gasteiger partial charge in [-0.3, -0.25) is 14.9 Å². The zero-order chi connectivity index (χ0) is 24.9. The molecule has 3 unspecified atom stereocenters. The van der Waals surface area contributed by atoms with Crippen LogP contribution in [0.4, 0.5) is 4.79 Å². The zero-order valence-corrected chi connectivity index (χ0v) is 21.1. The van der Waals surface area contributed by atoms with E-state index in [0.717, 1.165) is 78.6 Å². The van der Waals surface area contributed by atoms with Crippen molar-refractivity contribution in [3.63, 3.8) is 0 Å². The Labute approximate surface area is 215 Å². The number of hydrogen-bond donors (Lipinski definition) is 1. The molecular formula is C28H30N2O5S. The highest BCUT2D eigenvalue weighted by molar-refractivity contribution is 8.15. The predicted molar refractivity (Wildman–Crippen MR) is 139 cm³/mol. The SMILES string of the molecule is COc1cccc(-c2nc(COC3CCCC(CCC4SC(=O)NC4=O)C3)c(-c3ccccc3)o2)c1. The topological polar surface area (TPSA) is 90.7 Å². The van der Waals surface area contributed by atoms with Crippen molar-refractivity contribution in [2.45, 2.75) is 56.5 Å². The standard InChI is InChI=1S/C28H30N2O5S/c1-33-21-11-6-10-20(16-21)27-29-23(25(35-27)19-8-3-2-4-9-19)17-34-22-12-5-7-18(15-22)13-14-24-26(31)30-28(32)36-24/h2-4,6,8-11,16,18,22,24H,5,7,12-15,17H2,1H3,(H,30,31,32). The van der Waals surface area contributed by atoms with Crippen LogP contribution in [0.25, 0.3) is 22.8 Å². The van der Waals surface area contributed by atoms with Gasteiger partial charge >= 0.3 is 0 Å². The normalized spacial score (nSPS) is 22.0. The second-order valence-electron chi connectivity index (χ2n) is 9.32. The maximum absolute atomic E-state index is 11.9. The largest absolute Gasteiger partial charge is 0.497 e. The monoisotopic (exact) mass is 506 g/mol. The Morgan fingerprint density at radius 2 is 1.89 bits per heavy atom. The molecule has 3 atom stereocenters. The summed E-state index contributed by atoms with van der Waals surface area (Å²) in [6.07, 6.45) is 5.98. The molecule has 1 aliphatic carbocycles. The molecule has 1 saturated heterocycles. The summed E-state index contributed by atoms with van der Waals surface area (Å²) >= 11 is 1.12. The van der Waals surface area contributed by atoms with Crippen molar-refractivity contribution >= 4 is 22.9 Å². The van der Waals surface area contributed by atoms with Gasteiger partial charge in [0.1, 0.15) is 11.4 Å². The molecule has 2 amide bonds. The molecule has 2 fully saturated rings. The Kier molecular flexibility index (Phi) is 7.72. The first-order valence-corrected chi connectivity index (χ1v) is 13.3. The molecule has 7 nitrogen and oxygen atoms in total. The molecule has 1 aromatic heterocycles. The first-order valence-electron chi connectivity index (χ1n) is 12.4. The molecule has 1 N–H and O–H groups in total. The van der Waals surface area contributed by atoms with Crippen LogP contribution >= 0.6 is 11.8 Å². The van der Waals surface area contributed by atoms with Gasteiger partial charge < -0.3 is 13.9 Å². The number of ether oxygens (including phenoxy) is 2. The molecule has 2 aliphatic rings. The van der Waals surface area contributed by atoms with Crippen molar-refractivity contribution in [1.29, 1.82) is 0 Å². The quantitative estimate of drug-likeness (QED) is 0.368. The maximum Gasteiger partial charge on any atom is 0.286 e. The van der Waals surface area contributed by atoms with E-state index in [-0.39, 0.29) is 22.5 Å². The van der Waals surface area contributed by atoms with Crippen LogP contribution in [-0.2, 0) is 16.1 Å². The highest BCUT2D eigenvalue weighted by atomic mass is 32.2. The Hall–Kier alpha value is -3.10. The van der Waals surface area contributed by atoms with Crippen LogP contribution in [0.15, 0.2) is 59.0 Å². The minimum absolute atomic E-state index is 0.135. The van der Waals surface area contributed by atoms with Crippen LogP contribution in [0.5, 0.6) is 5.75 Å². The first-order chi connectivity index (χ1) is 17.6. The van der Waals surface area contributed by atoms with Crippen LogP contribution < -0.4 is 10.1 Å². The van der Waals surface area contributed by atoms with Gasteiger partial charge in [-0.15, -0.1) is 0 Å². The fourth-order valence-electron chi connectivity index (χ4n) is 4.97. The highest BCUT2D eigenvalue weighted by Crippen LogP contribution is 2.35. The van der Waals surface area contributed by atoms with Crippen LogP contribution in [-0.4, -0.2) is 34.6 Å². The summed E-state index contributed by atoms with van der Waals surface area (Å²) in [5.41, 5.74) is 2.59. The van der Waals surface area contributed by atoms with Crippen LogP contribution in [0.3, 0.4) is 0 Å². The fraction of sp³-hybridized carbons (Fsp3) is 0.393. The predicted octanol–water partition coefficient (Wildman–Crippen LogP) is 6.22. The van der Waals surface area contributed by atoms with Gasteiger partial charge in [-0.1, -0.05) is 61.0 Å². The number of nitrogens with zero attached hydrogens (tertiary/aromatic N) is 1. The number of benzene rings is 2. The molecule has 3 aromatic rings. The van der Waals surface area contributed by atoms with Crippen molar-refractivity contribution in [3.8, 4) is 28.5 Å². The summed E-state index contributed by atoms with van der Waals surface area (Å²) in [5.74, 6) is 2.34. The number of thioether (sulfide) groups is 1. The van der Waals surface area contributed by atoms with Gasteiger partial charge in [-0.25, -0.2) is 4.98 Å². The van der Waals surface area contributed by atoms with E-state index in [1.54, 1.807) is 7.11 Å². The molecule has 2 aromatic carbocycles. The molecule has 2 heterocycles. The average Bonchev–Trinajstić information content (AvgIpc) is 3.49. The van der Waals surface area contributed by atoms with E-state index >= 15 is 0 Å². The van der Waals surface area contributed by atoms with Gasteiger partial charge in [0.05, 0.1) is 25.1 Å². The number of methoxy groups -OCH3 is 1. The Balaban J connectivity index is 1.26. The van der Waals surface area contributed by atoms with Gasteiger partial charge in [-0.2, -0.15) is 0 Å². The van der Waals surface area contributed by atoms with E-state index in [4.69, 9.17) is 18.9 Å². The van der Waals surface area contributed by atoms with Gasteiger partial charge in [0.25, 0.3) is 5.24 Å². The lowest BCUT2D eigenvalue weighted by Gasteiger charge is -2.29. The molecule has 1 aliphatic heterocycles. The molecular weight excluding hydrogens is 476 g/mol. The lowest BCUT2D eigenvalue weighted by molar-refractivity contribution is -0.119. The van der Waals surface area contributed by atoms with E-state index in [9.17, 15) is 9.59 Å². The molecule has 0 bridgehead atoms. The van der Waals surface area contributed by atoms with Crippen molar-refractivity contribution in [2.24, 2.45) is 5.92 Å². The number of carbonyl (C=O) groups is 2. The van der Waals surface area contributed by atoms with E-state index < -0.39 is 0 Å². The van der Waals surface area contributed by atoms with E-state index in [2.05, 4.69) is 5.32 Å². The number of oxazole rings is 1. The number of aromatic nitrogens is 1. The summed E-state index contributed by atoms with van der Waals surface area (Å²) in [7, 11) is 1.64. The molecule has 0 radical (unpaired) electrons. The first kappa shape index (κ1) is 24.6. The number of nitrogens with one attached hydrogen (secondary N) is 1. The van der Waals surface area contributed by atoms with Crippen molar-refractivity contribution in [2.75, 3.05) is 7.11 Å². The Bertz CT molecular complexity index is 1210. The van der Waals surface area contributed by atoms with Crippen LogP contribution in [0.1, 0.15) is 44.2 Å². The third-order valence-electron chi connectivity index (χ3n) is 6.84. The third-order valence-corrected chi connectivity index (χ3v) is 7.89. The van der Waals surface area contributed by atoms with E-state index in [1.807, 2.05) is 54.6 Å². The van der Waals surface area contributed by atoms with Gasteiger partial charge in [0, 0.05) is 11.1 Å². The van der Waals surface area contributed by atoms with Crippen molar-refractivity contribution in [1.82, 2.24) is 10.3 Å². The molecule has 1 saturated carbocycles. The highest BCUT2D eigenvalue weighted by Gasteiger charge is 2.32. The second-order valence-corrected chi connectivity index (χ2v) is 10.5. The summed E-state index contributed by atoms with van der Waals surface area (Å²) in [6, 6.07) is 17.6. The summed E-state index contributed by atoms with van der Waals surface area (Å²) < 4.78 is 18.0. The lowest BCUT2D eigenvalue weighted by Crippen LogP contribution is -2.26. The van der Waals surface area contributed by atoms with E-state index in [0.29, 0.717) is 18.4 Å². The maximum atomic E-state index is 11.9. The van der Waals surface area contributed by atoms with Gasteiger partial charge in [0.15, 0.2) is 5.76 Å². The van der Waals surface area contributed by atoms with E-state index in [1.165, 1.54) is 0 Å². The van der Waals surface area contributed by atoms with Crippen LogP contribution in [0.2, 0.25) is 0 Å². The fourth-order valence-corrected chi connectivity index (χ4v) is 5.80. The number of rotatable bonds is 9.